The molecule has 0 spiro atoms. The molecule has 1 heterocycles. The zero-order valence-electron chi connectivity index (χ0n) is 9.91. The maximum atomic E-state index is 9.39. The monoisotopic (exact) mass is 249 g/mol. The average molecular weight is 250 g/mol. The van der Waals surface area contributed by atoms with Gasteiger partial charge < -0.3 is 10.2 Å². The second kappa shape index (κ2) is 4.95. The van der Waals surface area contributed by atoms with Crippen LogP contribution in [0.15, 0.2) is 24.3 Å². The van der Waals surface area contributed by atoms with Crippen molar-refractivity contribution in [1.29, 1.82) is 5.26 Å². The number of benzene rings is 1. The molecule has 1 aliphatic heterocycles. The lowest BCUT2D eigenvalue weighted by Gasteiger charge is -2.36. The summed E-state index contributed by atoms with van der Waals surface area (Å²) in [6.07, 6.45) is 1.70. The fourth-order valence-electron chi connectivity index (χ4n) is 2.07. The molecule has 1 aromatic rings. The molecule has 1 saturated heterocycles. The Balaban J connectivity index is 2.10. The number of hydrogen-bond donors (Lipinski definition) is 1. The third-order valence-corrected chi connectivity index (χ3v) is 3.53. The van der Waals surface area contributed by atoms with Crippen molar-refractivity contribution in [3.8, 4) is 6.07 Å². The molecule has 1 N–H and O–H groups in total. The van der Waals surface area contributed by atoms with Crippen molar-refractivity contribution in [2.24, 2.45) is 0 Å². The topological polar surface area (TPSA) is 39.1 Å². The van der Waals surface area contributed by atoms with Crippen molar-refractivity contribution < 1.29 is 0 Å². The Kier molecular flexibility index (Phi) is 3.56. The van der Waals surface area contributed by atoms with Crippen LogP contribution in [0.25, 0.3) is 0 Å². The first-order valence-electron chi connectivity index (χ1n) is 5.77. The molecule has 1 fully saturated rings. The van der Waals surface area contributed by atoms with Crippen LogP contribution < -0.4 is 5.32 Å². The molecule has 0 atom stereocenters. The third-order valence-electron chi connectivity index (χ3n) is 3.28. The number of anilines is 1. The SMILES string of the molecule is CN1CCC(C#N)(Nc2ccc(Cl)cc2)CC1. The largest absolute Gasteiger partial charge is 0.367 e. The predicted molar refractivity (Wildman–Crippen MR) is 70.1 cm³/mol. The van der Waals surface area contributed by atoms with Gasteiger partial charge in [0.1, 0.15) is 5.54 Å². The lowest BCUT2D eigenvalue weighted by molar-refractivity contribution is 0.235. The minimum absolute atomic E-state index is 0.430. The molecule has 0 amide bonds. The van der Waals surface area contributed by atoms with Gasteiger partial charge in [-0.2, -0.15) is 5.26 Å². The molecular weight excluding hydrogens is 234 g/mol. The van der Waals surface area contributed by atoms with E-state index in [1.54, 1.807) is 0 Å². The minimum atomic E-state index is -0.430. The summed E-state index contributed by atoms with van der Waals surface area (Å²) in [7, 11) is 2.09. The number of halogens is 1. The molecular formula is C13H16ClN3. The molecule has 90 valence electrons. The normalized spacial score (nSPS) is 19.6. The predicted octanol–water partition coefficient (Wildman–Crippen LogP) is 2.74. The second-order valence-corrected chi connectivity index (χ2v) is 5.07. The Morgan fingerprint density at radius 2 is 1.88 bits per heavy atom. The van der Waals surface area contributed by atoms with E-state index in [4.69, 9.17) is 11.6 Å². The highest BCUT2D eigenvalue weighted by Gasteiger charge is 2.33. The maximum absolute atomic E-state index is 9.39. The lowest BCUT2D eigenvalue weighted by atomic mass is 9.89. The molecule has 17 heavy (non-hydrogen) atoms. The summed E-state index contributed by atoms with van der Waals surface area (Å²) in [5.41, 5.74) is 0.529. The van der Waals surface area contributed by atoms with Gasteiger partial charge in [0.2, 0.25) is 0 Å². The van der Waals surface area contributed by atoms with Gasteiger partial charge in [0.15, 0.2) is 0 Å². The van der Waals surface area contributed by atoms with Crippen LogP contribution in [-0.4, -0.2) is 30.6 Å². The Hall–Kier alpha value is -1.24. The molecule has 1 aromatic carbocycles. The molecule has 0 bridgehead atoms. The van der Waals surface area contributed by atoms with E-state index in [0.29, 0.717) is 5.02 Å². The standard InChI is InChI=1S/C13H16ClN3/c1-17-8-6-13(10-15,7-9-17)16-12-4-2-11(14)3-5-12/h2-5,16H,6-9H2,1H3. The quantitative estimate of drug-likeness (QED) is 0.876. The Bertz CT molecular complexity index is 413. The lowest BCUT2D eigenvalue weighted by Crippen LogP contribution is -2.47. The summed E-state index contributed by atoms with van der Waals surface area (Å²) >= 11 is 5.84. The second-order valence-electron chi connectivity index (χ2n) is 4.63. The van der Waals surface area contributed by atoms with Crippen molar-refractivity contribution in [3.05, 3.63) is 29.3 Å². The van der Waals surface area contributed by atoms with Crippen LogP contribution in [0.1, 0.15) is 12.8 Å². The van der Waals surface area contributed by atoms with Gasteiger partial charge >= 0.3 is 0 Å². The fourth-order valence-corrected chi connectivity index (χ4v) is 2.20. The van der Waals surface area contributed by atoms with Crippen LogP contribution in [0.3, 0.4) is 0 Å². The molecule has 0 aromatic heterocycles. The number of rotatable bonds is 2. The highest BCUT2D eigenvalue weighted by Crippen LogP contribution is 2.26. The number of piperidine rings is 1. The zero-order valence-corrected chi connectivity index (χ0v) is 10.7. The van der Waals surface area contributed by atoms with Gasteiger partial charge in [0.05, 0.1) is 6.07 Å². The number of nitriles is 1. The van der Waals surface area contributed by atoms with Gasteiger partial charge in [-0.15, -0.1) is 0 Å². The number of likely N-dealkylation sites (tertiary alicyclic amines) is 1. The summed E-state index contributed by atoms with van der Waals surface area (Å²) in [5, 5.41) is 13.4. The van der Waals surface area contributed by atoms with Crippen LogP contribution in [0.2, 0.25) is 5.02 Å². The van der Waals surface area contributed by atoms with E-state index in [-0.39, 0.29) is 0 Å². The minimum Gasteiger partial charge on any atom is -0.367 e. The van der Waals surface area contributed by atoms with Crippen LogP contribution >= 0.6 is 11.6 Å². The van der Waals surface area contributed by atoms with Crippen molar-refractivity contribution in [3.63, 3.8) is 0 Å². The van der Waals surface area contributed by atoms with E-state index in [0.717, 1.165) is 31.6 Å². The summed E-state index contributed by atoms with van der Waals surface area (Å²) in [6.45, 7) is 1.91. The first-order valence-corrected chi connectivity index (χ1v) is 6.15. The van der Waals surface area contributed by atoms with Crippen LogP contribution in [0.5, 0.6) is 0 Å². The van der Waals surface area contributed by atoms with Gasteiger partial charge in [-0.05, 0) is 44.2 Å². The average Bonchev–Trinajstić information content (AvgIpc) is 2.35. The van der Waals surface area contributed by atoms with Gasteiger partial charge in [-0.3, -0.25) is 0 Å². The molecule has 0 saturated carbocycles. The highest BCUT2D eigenvalue weighted by atomic mass is 35.5. The first kappa shape index (κ1) is 12.2. The molecule has 0 aliphatic carbocycles. The van der Waals surface area contributed by atoms with E-state index < -0.39 is 5.54 Å². The third kappa shape index (κ3) is 2.91. The van der Waals surface area contributed by atoms with Gasteiger partial charge in [-0.25, -0.2) is 0 Å². The van der Waals surface area contributed by atoms with Gasteiger partial charge in [0, 0.05) is 23.8 Å². The van der Waals surface area contributed by atoms with E-state index >= 15 is 0 Å². The van der Waals surface area contributed by atoms with Crippen LogP contribution in [0.4, 0.5) is 5.69 Å². The molecule has 3 nitrogen and oxygen atoms in total. The van der Waals surface area contributed by atoms with E-state index in [1.165, 1.54) is 0 Å². The summed E-state index contributed by atoms with van der Waals surface area (Å²) in [5.74, 6) is 0. The van der Waals surface area contributed by atoms with E-state index in [9.17, 15) is 5.26 Å². The fraction of sp³-hybridized carbons (Fsp3) is 0.462. The summed E-state index contributed by atoms with van der Waals surface area (Å²) in [6, 6.07) is 9.94. The number of hydrogen-bond acceptors (Lipinski definition) is 3. The summed E-state index contributed by atoms with van der Waals surface area (Å²) < 4.78 is 0. The molecule has 0 radical (unpaired) electrons. The maximum Gasteiger partial charge on any atom is 0.127 e. The number of nitrogens with zero attached hydrogens (tertiary/aromatic N) is 2. The smallest absolute Gasteiger partial charge is 0.127 e. The molecule has 0 unspecified atom stereocenters. The van der Waals surface area contributed by atoms with Gasteiger partial charge in [0.25, 0.3) is 0 Å². The van der Waals surface area contributed by atoms with Crippen molar-refractivity contribution in [2.75, 3.05) is 25.5 Å². The zero-order chi connectivity index (χ0) is 12.3. The van der Waals surface area contributed by atoms with E-state index in [2.05, 4.69) is 23.3 Å². The van der Waals surface area contributed by atoms with Crippen LogP contribution in [-0.2, 0) is 0 Å². The Morgan fingerprint density at radius 3 is 2.41 bits per heavy atom. The molecule has 4 heteroatoms. The molecule has 2 rings (SSSR count). The molecule has 1 aliphatic rings. The first-order chi connectivity index (χ1) is 8.13. The Morgan fingerprint density at radius 1 is 1.29 bits per heavy atom. The van der Waals surface area contributed by atoms with Crippen molar-refractivity contribution in [1.82, 2.24) is 4.90 Å². The summed E-state index contributed by atoms with van der Waals surface area (Å²) in [4.78, 5) is 2.25. The van der Waals surface area contributed by atoms with Crippen molar-refractivity contribution >= 4 is 17.3 Å². The van der Waals surface area contributed by atoms with Gasteiger partial charge in [-0.1, -0.05) is 11.6 Å². The number of nitrogens with one attached hydrogen (secondary N) is 1. The van der Waals surface area contributed by atoms with Crippen LogP contribution in [0, 0.1) is 11.3 Å². The van der Waals surface area contributed by atoms with E-state index in [1.807, 2.05) is 24.3 Å². The Labute approximate surface area is 107 Å². The highest BCUT2D eigenvalue weighted by molar-refractivity contribution is 6.30. The van der Waals surface area contributed by atoms with Crippen molar-refractivity contribution in [2.45, 2.75) is 18.4 Å².